The number of pyridine rings is 1. The largest absolute Gasteiger partial charge is 0.416 e. The Kier molecular flexibility index (Phi) is 5.59. The van der Waals surface area contributed by atoms with Crippen LogP contribution in [0.4, 0.5) is 24.5 Å². The van der Waals surface area contributed by atoms with Crippen molar-refractivity contribution in [3.05, 3.63) is 70.7 Å². The summed E-state index contributed by atoms with van der Waals surface area (Å²) in [5.41, 5.74) is 0.586. The predicted molar refractivity (Wildman–Crippen MR) is 107 cm³/mol. The molecule has 1 aliphatic heterocycles. The monoisotopic (exact) mass is 432 g/mol. The maximum absolute atomic E-state index is 12.9. The predicted octanol–water partition coefficient (Wildman–Crippen LogP) is 3.65. The number of hydrogen-bond donors (Lipinski definition) is 0. The third kappa shape index (κ3) is 4.50. The van der Waals surface area contributed by atoms with Gasteiger partial charge in [-0.2, -0.15) is 18.3 Å². The second-order valence-corrected chi connectivity index (χ2v) is 7.16. The number of nitro benzene ring substituents is 1. The topological polar surface area (TPSA) is 80.3 Å². The van der Waals surface area contributed by atoms with E-state index >= 15 is 0 Å². The molecule has 11 heteroatoms. The second-order valence-electron chi connectivity index (χ2n) is 7.16. The van der Waals surface area contributed by atoms with Crippen molar-refractivity contribution >= 4 is 11.4 Å². The number of piperazine rings is 1. The van der Waals surface area contributed by atoms with Crippen LogP contribution in [0.25, 0.3) is 11.3 Å². The standard InChI is InChI=1S/C20H19F3N6O2/c21-20(22,23)16-1-2-18(19(13-16)29(30)31)27-11-9-26(10-12-27)14-28-17(5-8-25-28)15-3-6-24-7-4-15/h1-8,13H,9-12,14H2. The molecule has 0 amide bonds. The number of rotatable bonds is 5. The van der Waals surface area contributed by atoms with Crippen LogP contribution in [0.3, 0.4) is 0 Å². The van der Waals surface area contributed by atoms with Crippen molar-refractivity contribution in [1.29, 1.82) is 0 Å². The molecular weight excluding hydrogens is 413 g/mol. The SMILES string of the molecule is O=[N+]([O-])c1cc(C(F)(F)F)ccc1N1CCN(Cn2nccc2-c2ccncc2)CC1. The highest BCUT2D eigenvalue weighted by Crippen LogP contribution is 2.36. The molecule has 1 saturated heterocycles. The van der Waals surface area contributed by atoms with Crippen LogP contribution in [0.5, 0.6) is 0 Å². The molecule has 1 aliphatic rings. The Morgan fingerprint density at radius 2 is 1.71 bits per heavy atom. The third-order valence-electron chi connectivity index (χ3n) is 5.24. The summed E-state index contributed by atoms with van der Waals surface area (Å²) in [6.07, 6.45) is 0.515. The van der Waals surface area contributed by atoms with Crippen molar-refractivity contribution in [3.63, 3.8) is 0 Å². The summed E-state index contributed by atoms with van der Waals surface area (Å²) < 4.78 is 40.7. The maximum Gasteiger partial charge on any atom is 0.416 e. The Morgan fingerprint density at radius 3 is 2.35 bits per heavy atom. The number of alkyl halides is 3. The quantitative estimate of drug-likeness (QED) is 0.452. The first-order valence-corrected chi connectivity index (χ1v) is 9.58. The molecule has 2 aromatic heterocycles. The van der Waals surface area contributed by atoms with Gasteiger partial charge in [0.05, 0.1) is 22.8 Å². The summed E-state index contributed by atoms with van der Waals surface area (Å²) in [4.78, 5) is 18.5. The summed E-state index contributed by atoms with van der Waals surface area (Å²) >= 11 is 0. The van der Waals surface area contributed by atoms with E-state index in [0.29, 0.717) is 38.9 Å². The smallest absolute Gasteiger partial charge is 0.363 e. The maximum atomic E-state index is 12.9. The number of benzene rings is 1. The van der Waals surface area contributed by atoms with Gasteiger partial charge in [-0.15, -0.1) is 0 Å². The van der Waals surface area contributed by atoms with Crippen LogP contribution >= 0.6 is 0 Å². The summed E-state index contributed by atoms with van der Waals surface area (Å²) in [5.74, 6) is 0. The Labute approximate surface area is 175 Å². The highest BCUT2D eigenvalue weighted by atomic mass is 19.4. The normalized spacial score (nSPS) is 15.3. The molecule has 1 fully saturated rings. The van der Waals surface area contributed by atoms with Crippen molar-refractivity contribution in [2.75, 3.05) is 31.1 Å². The molecule has 0 radical (unpaired) electrons. The van der Waals surface area contributed by atoms with E-state index in [1.807, 2.05) is 22.9 Å². The van der Waals surface area contributed by atoms with E-state index in [1.165, 1.54) is 6.07 Å². The van der Waals surface area contributed by atoms with Gasteiger partial charge in [0.1, 0.15) is 5.69 Å². The molecule has 0 atom stereocenters. The molecule has 3 aromatic rings. The minimum Gasteiger partial charge on any atom is -0.363 e. The van der Waals surface area contributed by atoms with Crippen molar-refractivity contribution in [3.8, 4) is 11.3 Å². The molecule has 4 rings (SSSR count). The van der Waals surface area contributed by atoms with E-state index in [2.05, 4.69) is 15.0 Å². The van der Waals surface area contributed by atoms with E-state index in [1.54, 1.807) is 23.5 Å². The summed E-state index contributed by atoms with van der Waals surface area (Å²) in [6, 6.07) is 8.39. The third-order valence-corrected chi connectivity index (χ3v) is 5.24. The van der Waals surface area contributed by atoms with Gasteiger partial charge in [-0.25, -0.2) is 0 Å². The number of aromatic nitrogens is 3. The zero-order valence-corrected chi connectivity index (χ0v) is 16.4. The van der Waals surface area contributed by atoms with Gasteiger partial charge >= 0.3 is 6.18 Å². The summed E-state index contributed by atoms with van der Waals surface area (Å²) in [7, 11) is 0. The highest BCUT2D eigenvalue weighted by Gasteiger charge is 2.34. The number of halogens is 3. The number of nitro groups is 1. The first kappa shape index (κ1) is 20.8. The van der Waals surface area contributed by atoms with Crippen LogP contribution in [0.2, 0.25) is 0 Å². The van der Waals surface area contributed by atoms with Gasteiger partial charge in [0.2, 0.25) is 0 Å². The zero-order valence-electron chi connectivity index (χ0n) is 16.4. The average molecular weight is 432 g/mol. The van der Waals surface area contributed by atoms with E-state index in [0.717, 1.165) is 17.3 Å². The number of nitrogens with zero attached hydrogens (tertiary/aromatic N) is 6. The summed E-state index contributed by atoms with van der Waals surface area (Å²) in [5, 5.41) is 15.8. The first-order chi connectivity index (χ1) is 14.8. The highest BCUT2D eigenvalue weighted by molar-refractivity contribution is 5.65. The fraction of sp³-hybridized carbons (Fsp3) is 0.300. The lowest BCUT2D eigenvalue weighted by atomic mass is 10.1. The van der Waals surface area contributed by atoms with Gasteiger partial charge in [0.15, 0.2) is 0 Å². The lowest BCUT2D eigenvalue weighted by molar-refractivity contribution is -0.384. The van der Waals surface area contributed by atoms with Crippen LogP contribution in [0, 0.1) is 10.1 Å². The fourth-order valence-electron chi connectivity index (χ4n) is 3.65. The van der Waals surface area contributed by atoms with Crippen LogP contribution in [-0.4, -0.2) is 50.8 Å². The Hall–Kier alpha value is -3.47. The van der Waals surface area contributed by atoms with Crippen LogP contribution in [0.1, 0.15) is 5.56 Å². The van der Waals surface area contributed by atoms with Crippen molar-refractivity contribution in [1.82, 2.24) is 19.7 Å². The van der Waals surface area contributed by atoms with Crippen molar-refractivity contribution in [2.45, 2.75) is 12.8 Å². The molecule has 0 aliphatic carbocycles. The van der Waals surface area contributed by atoms with Gasteiger partial charge in [0.25, 0.3) is 5.69 Å². The Bertz CT molecular complexity index is 1060. The minimum atomic E-state index is -4.63. The average Bonchev–Trinajstić information content (AvgIpc) is 3.22. The number of hydrogen-bond acceptors (Lipinski definition) is 6. The molecule has 0 N–H and O–H groups in total. The van der Waals surface area contributed by atoms with E-state index in [9.17, 15) is 23.3 Å². The van der Waals surface area contributed by atoms with Gasteiger partial charge < -0.3 is 4.90 Å². The molecule has 0 spiro atoms. The Morgan fingerprint density at radius 1 is 1.00 bits per heavy atom. The van der Waals surface area contributed by atoms with E-state index in [-0.39, 0.29) is 5.69 Å². The number of anilines is 1. The van der Waals surface area contributed by atoms with Crippen LogP contribution < -0.4 is 4.90 Å². The van der Waals surface area contributed by atoms with E-state index < -0.39 is 22.4 Å². The first-order valence-electron chi connectivity index (χ1n) is 9.58. The fourth-order valence-corrected chi connectivity index (χ4v) is 3.65. The van der Waals surface area contributed by atoms with Crippen LogP contribution in [0.15, 0.2) is 55.0 Å². The Balaban J connectivity index is 1.45. The lowest BCUT2D eigenvalue weighted by Crippen LogP contribution is -2.47. The molecule has 162 valence electrons. The molecule has 0 saturated carbocycles. The molecule has 31 heavy (non-hydrogen) atoms. The second kappa shape index (κ2) is 8.34. The summed E-state index contributed by atoms with van der Waals surface area (Å²) in [6.45, 7) is 2.63. The molecule has 0 bridgehead atoms. The molecule has 8 nitrogen and oxygen atoms in total. The van der Waals surface area contributed by atoms with E-state index in [4.69, 9.17) is 0 Å². The van der Waals surface area contributed by atoms with Gasteiger partial charge in [0, 0.05) is 56.4 Å². The van der Waals surface area contributed by atoms with Gasteiger partial charge in [-0.1, -0.05) is 0 Å². The van der Waals surface area contributed by atoms with Crippen molar-refractivity contribution in [2.24, 2.45) is 0 Å². The molecular formula is C20H19F3N6O2. The van der Waals surface area contributed by atoms with Gasteiger partial charge in [-0.05, 0) is 30.3 Å². The zero-order chi connectivity index (χ0) is 22.0. The van der Waals surface area contributed by atoms with Crippen molar-refractivity contribution < 1.29 is 18.1 Å². The molecule has 1 aromatic carbocycles. The lowest BCUT2D eigenvalue weighted by Gasteiger charge is -2.36. The molecule has 3 heterocycles. The van der Waals surface area contributed by atoms with Gasteiger partial charge in [-0.3, -0.25) is 24.7 Å². The minimum absolute atomic E-state index is 0.203. The van der Waals surface area contributed by atoms with Crippen LogP contribution in [-0.2, 0) is 12.8 Å². The molecule has 0 unspecified atom stereocenters.